The van der Waals surface area contributed by atoms with Crippen LogP contribution in [0.15, 0.2) is 18.2 Å². The molecule has 0 unspecified atom stereocenters. The van der Waals surface area contributed by atoms with Crippen molar-refractivity contribution in [3.8, 4) is 0 Å². The highest BCUT2D eigenvalue weighted by atomic mass is 16.5. The lowest BCUT2D eigenvalue weighted by Crippen LogP contribution is -2.26. The van der Waals surface area contributed by atoms with Crippen LogP contribution in [0.25, 0.3) is 33.2 Å². The molecule has 10 nitrogen and oxygen atoms in total. The van der Waals surface area contributed by atoms with Crippen molar-refractivity contribution in [1.29, 1.82) is 0 Å². The van der Waals surface area contributed by atoms with Crippen molar-refractivity contribution in [2.75, 3.05) is 13.7 Å². The summed E-state index contributed by atoms with van der Waals surface area (Å²) in [5.41, 5.74) is 10.6. The summed E-state index contributed by atoms with van der Waals surface area (Å²) >= 11 is 0. The number of hydrogen-bond donors (Lipinski definition) is 4. The second kappa shape index (κ2) is 15.4. The minimum absolute atomic E-state index is 0.0920. The molecular formula is C40H51N5O5. The van der Waals surface area contributed by atoms with E-state index < -0.39 is 11.9 Å². The lowest BCUT2D eigenvalue weighted by molar-refractivity contribution is -0.140. The van der Waals surface area contributed by atoms with Crippen LogP contribution >= 0.6 is 0 Å². The SMILES string of the molecule is CCCCCCNC(=O)C1=C(C)c2cc3[nH]c(cc4[nH]c(cc5nc(c(C(=O)O)c1n2)[C@@H](CCC(=O)OC)[C@@H]5C)c(C)c4CC)c(C)c3CC. The fourth-order valence-electron chi connectivity index (χ4n) is 7.51. The van der Waals surface area contributed by atoms with E-state index in [2.05, 4.69) is 56.0 Å². The van der Waals surface area contributed by atoms with Gasteiger partial charge in [-0.15, -0.1) is 0 Å². The fraction of sp³-hybridized carbons (Fsp3) is 0.475. The van der Waals surface area contributed by atoms with Gasteiger partial charge in [-0.2, -0.15) is 0 Å². The van der Waals surface area contributed by atoms with Gasteiger partial charge in [0, 0.05) is 52.6 Å². The number of carbonyl (C=O) groups excluding carboxylic acids is 2. The number of carboxylic acids is 1. The van der Waals surface area contributed by atoms with Gasteiger partial charge >= 0.3 is 11.9 Å². The standard InChI is InChI=1S/C40H51N5O5/c1-9-12-13-14-17-41-39(47)35-24(7)31-20-33-26(11-3)22(5)29(43-33)19-32-25(10-2)21(4)28(42-32)18-30-23(6)27(15-16-34(46)50-8)37(44-30)36(40(48)49)38(35)45-31/h18-20,23,27,42-43H,9-17H2,1-8H3,(H,41,47)(H,48,49)/t23-,27-/m0/s1. The van der Waals surface area contributed by atoms with Crippen LogP contribution in [-0.2, 0) is 27.2 Å². The number of H-pyrrole nitrogens is 2. The molecule has 2 atom stereocenters. The monoisotopic (exact) mass is 681 g/mol. The summed E-state index contributed by atoms with van der Waals surface area (Å²) in [6.07, 6.45) is 5.98. The molecule has 0 saturated heterocycles. The molecule has 5 heterocycles. The number of nitrogens with one attached hydrogen (secondary N) is 3. The van der Waals surface area contributed by atoms with Gasteiger partial charge in [-0.05, 0) is 92.5 Å². The van der Waals surface area contributed by atoms with Gasteiger partial charge in [-0.25, -0.2) is 9.78 Å². The first-order valence-corrected chi connectivity index (χ1v) is 18.0. The first-order chi connectivity index (χ1) is 23.9. The number of methoxy groups -OCH3 is 1. The van der Waals surface area contributed by atoms with Crippen molar-refractivity contribution < 1.29 is 24.2 Å². The molecule has 1 amide bonds. The van der Waals surface area contributed by atoms with E-state index in [9.17, 15) is 19.5 Å². The van der Waals surface area contributed by atoms with Crippen LogP contribution in [0.3, 0.4) is 0 Å². The molecule has 0 saturated carbocycles. The maximum atomic E-state index is 14.0. The van der Waals surface area contributed by atoms with Crippen molar-refractivity contribution in [3.63, 3.8) is 0 Å². The first kappa shape index (κ1) is 36.5. The van der Waals surface area contributed by atoms with Gasteiger partial charge in [0.25, 0.3) is 5.91 Å². The van der Waals surface area contributed by atoms with Crippen LogP contribution in [-0.4, -0.2) is 56.5 Å². The molecule has 266 valence electrons. The van der Waals surface area contributed by atoms with Crippen LogP contribution < -0.4 is 5.32 Å². The molecule has 50 heavy (non-hydrogen) atoms. The van der Waals surface area contributed by atoms with Crippen LogP contribution in [0.1, 0.15) is 140 Å². The lowest BCUT2D eigenvalue weighted by Gasteiger charge is -2.17. The highest BCUT2D eigenvalue weighted by Gasteiger charge is 2.37. The quantitative estimate of drug-likeness (QED) is 0.111. The Kier molecular flexibility index (Phi) is 11.3. The van der Waals surface area contributed by atoms with Crippen molar-refractivity contribution >= 4 is 51.1 Å². The minimum Gasteiger partial charge on any atom is -0.478 e. The van der Waals surface area contributed by atoms with Gasteiger partial charge in [-0.3, -0.25) is 14.6 Å². The van der Waals surface area contributed by atoms with Crippen LogP contribution in [0, 0.1) is 13.8 Å². The number of esters is 1. The second-order valence-electron chi connectivity index (χ2n) is 13.5. The molecule has 3 aromatic heterocycles. The molecule has 3 aromatic rings. The van der Waals surface area contributed by atoms with E-state index in [0.717, 1.165) is 77.3 Å². The fourth-order valence-corrected chi connectivity index (χ4v) is 7.51. The predicted molar refractivity (Wildman–Crippen MR) is 198 cm³/mol. The zero-order valence-corrected chi connectivity index (χ0v) is 30.7. The van der Waals surface area contributed by atoms with Gasteiger partial charge in [0.2, 0.25) is 0 Å². The number of aromatic carboxylic acids is 1. The molecule has 0 spiro atoms. The number of unbranched alkanes of at least 4 members (excludes halogenated alkanes) is 3. The number of ether oxygens (including phenoxy) is 1. The Hall–Kier alpha value is -4.73. The number of carbonyl (C=O) groups is 3. The first-order valence-electron chi connectivity index (χ1n) is 18.0. The largest absolute Gasteiger partial charge is 0.478 e. The molecule has 0 aliphatic carbocycles. The number of carboxylic acid groups (broad SMARTS) is 1. The van der Waals surface area contributed by atoms with E-state index in [4.69, 9.17) is 14.7 Å². The molecule has 5 rings (SSSR count). The molecule has 0 radical (unpaired) electrons. The van der Waals surface area contributed by atoms with E-state index in [1.807, 2.05) is 26.0 Å². The summed E-state index contributed by atoms with van der Waals surface area (Å²) in [7, 11) is 1.34. The number of nitrogens with zero attached hydrogens (tertiary/aromatic N) is 2. The van der Waals surface area contributed by atoms with E-state index in [1.54, 1.807) is 0 Å². The number of aryl methyl sites for hydroxylation is 4. The molecule has 0 fully saturated rings. The normalized spacial score (nSPS) is 15.8. The van der Waals surface area contributed by atoms with Crippen molar-refractivity contribution in [3.05, 3.63) is 68.8 Å². The molecular weight excluding hydrogens is 630 g/mol. The maximum Gasteiger partial charge on any atom is 0.339 e. The third-order valence-electron chi connectivity index (χ3n) is 10.5. The predicted octanol–water partition coefficient (Wildman–Crippen LogP) is 8.22. The Morgan fingerprint density at radius 1 is 0.880 bits per heavy atom. The number of aromatic amines is 2. The molecule has 2 aliphatic heterocycles. The highest BCUT2D eigenvalue weighted by Crippen LogP contribution is 2.43. The molecule has 10 heteroatoms. The highest BCUT2D eigenvalue weighted by molar-refractivity contribution is 6.28. The number of amides is 1. The molecule has 0 aromatic carbocycles. The van der Waals surface area contributed by atoms with Gasteiger partial charge in [-0.1, -0.05) is 47.0 Å². The topological polar surface area (TPSA) is 150 Å². The van der Waals surface area contributed by atoms with Crippen LogP contribution in [0.5, 0.6) is 0 Å². The zero-order chi connectivity index (χ0) is 36.3. The Labute approximate surface area is 294 Å². The van der Waals surface area contributed by atoms with Crippen molar-refractivity contribution in [2.24, 2.45) is 0 Å². The number of hydrogen-bond acceptors (Lipinski definition) is 6. The zero-order valence-electron chi connectivity index (χ0n) is 30.7. The smallest absolute Gasteiger partial charge is 0.339 e. The minimum atomic E-state index is -1.23. The van der Waals surface area contributed by atoms with Crippen molar-refractivity contribution in [1.82, 2.24) is 25.3 Å². The number of allylic oxidation sites excluding steroid dienone is 1. The van der Waals surface area contributed by atoms with E-state index in [1.165, 1.54) is 12.7 Å². The Bertz CT molecular complexity index is 2020. The van der Waals surface area contributed by atoms with Gasteiger partial charge in [0.15, 0.2) is 0 Å². The molecule has 8 bridgehead atoms. The third kappa shape index (κ3) is 6.98. The van der Waals surface area contributed by atoms with E-state index in [-0.39, 0.29) is 41.0 Å². The van der Waals surface area contributed by atoms with Crippen molar-refractivity contribution in [2.45, 2.75) is 112 Å². The van der Waals surface area contributed by atoms with Gasteiger partial charge < -0.3 is 25.1 Å². The van der Waals surface area contributed by atoms with Crippen LogP contribution in [0.2, 0.25) is 0 Å². The summed E-state index contributed by atoms with van der Waals surface area (Å²) < 4.78 is 4.96. The summed E-state index contributed by atoms with van der Waals surface area (Å²) in [6, 6.07) is 6.08. The average Bonchev–Trinajstić information content (AvgIpc) is 3.76. The molecule has 4 N–H and O–H groups in total. The number of fused-ring (bicyclic) bond motifs is 8. The van der Waals surface area contributed by atoms with E-state index >= 15 is 0 Å². The van der Waals surface area contributed by atoms with Gasteiger partial charge in [0.1, 0.15) is 5.56 Å². The van der Waals surface area contributed by atoms with Crippen LogP contribution in [0.4, 0.5) is 0 Å². The number of rotatable bonds is 12. The summed E-state index contributed by atoms with van der Waals surface area (Å²) in [5, 5.41) is 14.0. The summed E-state index contributed by atoms with van der Waals surface area (Å²) in [6.45, 7) is 14.9. The van der Waals surface area contributed by atoms with Gasteiger partial charge in [0.05, 0.1) is 29.8 Å². The third-order valence-corrected chi connectivity index (χ3v) is 10.5. The van der Waals surface area contributed by atoms with E-state index in [0.29, 0.717) is 35.6 Å². The Morgan fingerprint density at radius 2 is 1.52 bits per heavy atom. The Morgan fingerprint density at radius 3 is 2.12 bits per heavy atom. The maximum absolute atomic E-state index is 14.0. The summed E-state index contributed by atoms with van der Waals surface area (Å²) in [5.74, 6) is -2.62. The second-order valence-corrected chi connectivity index (χ2v) is 13.5. The summed E-state index contributed by atoms with van der Waals surface area (Å²) in [4.78, 5) is 57.0. The Balaban J connectivity index is 1.90. The average molecular weight is 682 g/mol. The molecule has 2 aliphatic rings. The lowest BCUT2D eigenvalue weighted by atomic mass is 9.85. The number of aromatic nitrogens is 4.